The number of aldehydes is 1. The predicted molar refractivity (Wildman–Crippen MR) is 131 cm³/mol. The molecule has 33 heavy (non-hydrogen) atoms. The van der Waals surface area contributed by atoms with Crippen LogP contribution in [0.5, 0.6) is 5.75 Å². The number of carbonyl (C=O) groups is 3. The standard InChI is InChI=1S/C23H33BN3O5S/c1-16(2)11-21-23(30)26-18(13-28)14-33-10-4-3-9-31-19-7-5-17(6-8-19)12-20(22(29)27-21)24-32-15-25/h3-8,13,16,18,20-21H,9-12,14-15,25H2,1-2H3,(H,26,30)(H,27,29)/b4-3-/t18-,20+,21+/m1/s1. The van der Waals surface area contributed by atoms with Gasteiger partial charge in [-0.1, -0.05) is 38.1 Å². The van der Waals surface area contributed by atoms with E-state index in [9.17, 15) is 14.4 Å². The highest BCUT2D eigenvalue weighted by Crippen LogP contribution is 2.19. The molecular formula is C23H33BN3O5S. The summed E-state index contributed by atoms with van der Waals surface area (Å²) in [6, 6.07) is 6.10. The molecule has 1 aromatic carbocycles. The number of thioether (sulfide) groups is 1. The number of ether oxygens (including phenoxy) is 1. The number of fused-ring (bicyclic) bond motifs is 15. The van der Waals surface area contributed by atoms with Gasteiger partial charge in [-0.2, -0.15) is 11.8 Å². The first-order chi connectivity index (χ1) is 15.9. The van der Waals surface area contributed by atoms with Gasteiger partial charge in [0, 0.05) is 17.3 Å². The Labute approximate surface area is 200 Å². The third-order valence-corrected chi connectivity index (χ3v) is 5.95. The molecule has 2 bridgehead atoms. The van der Waals surface area contributed by atoms with Crippen molar-refractivity contribution in [2.45, 2.75) is 44.6 Å². The quantitative estimate of drug-likeness (QED) is 0.247. The highest BCUT2D eigenvalue weighted by molar-refractivity contribution is 7.99. The average molecular weight is 474 g/mol. The fraction of sp³-hybridized carbons (Fsp3) is 0.522. The van der Waals surface area contributed by atoms with E-state index in [4.69, 9.17) is 15.1 Å². The normalized spacial score (nSPS) is 23.9. The number of carbonyl (C=O) groups excluding carboxylic acids is 3. The van der Waals surface area contributed by atoms with Crippen LogP contribution in [0.2, 0.25) is 5.82 Å². The molecule has 0 aliphatic carbocycles. The summed E-state index contributed by atoms with van der Waals surface area (Å²) in [4.78, 5) is 37.5. The SMILES string of the molecule is CC(C)C[C@@H]1NC(=O)[C@@H]([B]OCN)Cc2ccc(cc2)OC/C=C\CSC[C@@H](C=O)NC1=O. The highest BCUT2D eigenvalue weighted by atomic mass is 32.2. The second-order valence-corrected chi connectivity index (χ2v) is 9.26. The van der Waals surface area contributed by atoms with Crippen LogP contribution in [0.15, 0.2) is 36.4 Å². The lowest BCUT2D eigenvalue weighted by Gasteiger charge is -2.24. The van der Waals surface area contributed by atoms with Crippen molar-refractivity contribution in [3.8, 4) is 5.75 Å². The zero-order valence-electron chi connectivity index (χ0n) is 19.2. The van der Waals surface area contributed by atoms with Crippen LogP contribution < -0.4 is 21.1 Å². The Kier molecular flexibility index (Phi) is 12.1. The van der Waals surface area contributed by atoms with Crippen molar-refractivity contribution >= 4 is 37.3 Å². The summed E-state index contributed by atoms with van der Waals surface area (Å²) in [7, 11) is 1.40. The van der Waals surface area contributed by atoms with Crippen molar-refractivity contribution in [1.82, 2.24) is 10.6 Å². The van der Waals surface area contributed by atoms with Gasteiger partial charge in [-0.05, 0) is 36.5 Å². The molecule has 1 aromatic rings. The minimum atomic E-state index is -0.767. The fourth-order valence-corrected chi connectivity index (χ4v) is 4.10. The summed E-state index contributed by atoms with van der Waals surface area (Å²) < 4.78 is 10.9. The molecule has 3 rings (SSSR count). The molecule has 179 valence electrons. The van der Waals surface area contributed by atoms with Gasteiger partial charge in [0.15, 0.2) is 0 Å². The van der Waals surface area contributed by atoms with E-state index < -0.39 is 17.9 Å². The number of nitrogens with one attached hydrogen (secondary N) is 2. The molecular weight excluding hydrogens is 441 g/mol. The van der Waals surface area contributed by atoms with E-state index in [1.807, 2.05) is 50.3 Å². The van der Waals surface area contributed by atoms with Crippen LogP contribution in [-0.4, -0.2) is 62.5 Å². The maximum atomic E-state index is 13.1. The van der Waals surface area contributed by atoms with Crippen LogP contribution in [0.3, 0.4) is 0 Å². The summed E-state index contributed by atoms with van der Waals surface area (Å²) in [5, 5.41) is 5.60. The van der Waals surface area contributed by atoms with Gasteiger partial charge in [-0.25, -0.2) is 0 Å². The molecule has 2 heterocycles. The van der Waals surface area contributed by atoms with E-state index in [0.29, 0.717) is 31.0 Å². The van der Waals surface area contributed by atoms with Crippen molar-refractivity contribution in [2.24, 2.45) is 11.7 Å². The van der Waals surface area contributed by atoms with Gasteiger partial charge < -0.3 is 30.6 Å². The summed E-state index contributed by atoms with van der Waals surface area (Å²) >= 11 is 1.53. The zero-order chi connectivity index (χ0) is 24.1. The molecule has 0 fully saturated rings. The van der Waals surface area contributed by atoms with E-state index in [1.165, 1.54) is 19.2 Å². The number of hydrogen-bond donors (Lipinski definition) is 3. The topological polar surface area (TPSA) is 120 Å². The molecule has 0 unspecified atom stereocenters. The Balaban J connectivity index is 2.26. The van der Waals surface area contributed by atoms with E-state index >= 15 is 0 Å². The first-order valence-electron chi connectivity index (χ1n) is 11.1. The minimum absolute atomic E-state index is 0.0569. The Hall–Kier alpha value is -2.30. The molecule has 0 spiro atoms. The lowest BCUT2D eigenvalue weighted by atomic mass is 9.75. The fourth-order valence-electron chi connectivity index (χ4n) is 3.27. The summed E-state index contributed by atoms with van der Waals surface area (Å²) in [6.07, 6.45) is 5.42. The largest absolute Gasteiger partial charge is 0.490 e. The van der Waals surface area contributed by atoms with Crippen LogP contribution in [0.25, 0.3) is 0 Å². The lowest BCUT2D eigenvalue weighted by Crippen LogP contribution is -2.52. The van der Waals surface area contributed by atoms with E-state index in [1.54, 1.807) is 0 Å². The Morgan fingerprint density at radius 3 is 2.64 bits per heavy atom. The van der Waals surface area contributed by atoms with Crippen LogP contribution in [0, 0.1) is 5.92 Å². The molecule has 3 atom stereocenters. The monoisotopic (exact) mass is 474 g/mol. The van der Waals surface area contributed by atoms with Crippen molar-refractivity contribution in [1.29, 1.82) is 0 Å². The van der Waals surface area contributed by atoms with Crippen molar-refractivity contribution < 1.29 is 23.8 Å². The van der Waals surface area contributed by atoms with Gasteiger partial charge in [0.2, 0.25) is 11.8 Å². The molecule has 0 saturated heterocycles. The van der Waals surface area contributed by atoms with Gasteiger partial charge in [-0.3, -0.25) is 9.59 Å². The third kappa shape index (κ3) is 10.0. The molecule has 2 amide bonds. The Morgan fingerprint density at radius 2 is 1.97 bits per heavy atom. The van der Waals surface area contributed by atoms with E-state index in [0.717, 1.165) is 17.6 Å². The summed E-state index contributed by atoms with van der Waals surface area (Å²) in [5.41, 5.74) is 6.36. The van der Waals surface area contributed by atoms with Gasteiger partial charge in [0.1, 0.15) is 24.7 Å². The molecule has 2 aliphatic heterocycles. The van der Waals surface area contributed by atoms with Gasteiger partial charge in [0.05, 0.1) is 12.8 Å². The van der Waals surface area contributed by atoms with Crippen molar-refractivity contribution in [2.75, 3.05) is 24.8 Å². The molecule has 10 heteroatoms. The first-order valence-corrected chi connectivity index (χ1v) is 12.2. The third-order valence-electron chi connectivity index (χ3n) is 4.93. The number of benzene rings is 1. The van der Waals surface area contributed by atoms with Crippen LogP contribution in [-0.2, 0) is 25.5 Å². The molecule has 8 nitrogen and oxygen atoms in total. The average Bonchev–Trinajstić information content (AvgIpc) is 2.79. The number of rotatable bonds is 6. The van der Waals surface area contributed by atoms with E-state index in [2.05, 4.69) is 10.6 Å². The second-order valence-electron chi connectivity index (χ2n) is 8.19. The lowest BCUT2D eigenvalue weighted by molar-refractivity contribution is -0.130. The van der Waals surface area contributed by atoms with Crippen molar-refractivity contribution in [3.63, 3.8) is 0 Å². The maximum Gasteiger partial charge on any atom is 0.307 e. The summed E-state index contributed by atoms with van der Waals surface area (Å²) in [6.45, 7) is 4.31. The van der Waals surface area contributed by atoms with Gasteiger partial charge in [-0.15, -0.1) is 0 Å². The Morgan fingerprint density at radius 1 is 1.21 bits per heavy atom. The van der Waals surface area contributed by atoms with Crippen LogP contribution in [0.4, 0.5) is 0 Å². The molecule has 4 N–H and O–H groups in total. The van der Waals surface area contributed by atoms with Crippen LogP contribution >= 0.6 is 11.8 Å². The van der Waals surface area contributed by atoms with E-state index in [-0.39, 0.29) is 24.5 Å². The zero-order valence-corrected chi connectivity index (χ0v) is 20.0. The maximum absolute atomic E-state index is 13.1. The predicted octanol–water partition coefficient (Wildman–Crippen LogP) is 1.47. The molecule has 1 radical (unpaired) electrons. The van der Waals surface area contributed by atoms with Crippen LogP contribution in [0.1, 0.15) is 25.8 Å². The smallest absolute Gasteiger partial charge is 0.307 e. The number of hydrogen-bond acceptors (Lipinski definition) is 7. The molecule has 0 saturated carbocycles. The first kappa shape index (κ1) is 27.0. The van der Waals surface area contributed by atoms with Crippen molar-refractivity contribution in [3.05, 3.63) is 42.0 Å². The number of amides is 2. The second kappa shape index (κ2) is 14.8. The van der Waals surface area contributed by atoms with Gasteiger partial charge in [0.25, 0.3) is 0 Å². The summed E-state index contributed by atoms with van der Waals surface area (Å²) in [5.74, 6) is 0.642. The van der Waals surface area contributed by atoms with Gasteiger partial charge >= 0.3 is 7.48 Å². The number of nitrogens with two attached hydrogens (primary N) is 1. The molecule has 2 aliphatic rings. The molecule has 0 aromatic heterocycles. The highest BCUT2D eigenvalue weighted by Gasteiger charge is 2.28. The minimum Gasteiger partial charge on any atom is -0.490 e. The Bertz CT molecular complexity index is 791.